The molecule has 0 spiro atoms. The fourth-order valence-electron chi connectivity index (χ4n) is 4.15. The zero-order valence-electron chi connectivity index (χ0n) is 21.7. The zero-order chi connectivity index (χ0) is 31.6. The molecule has 4 aromatic rings. The first kappa shape index (κ1) is 31.9. The van der Waals surface area contributed by atoms with Crippen LogP contribution in [0.2, 0.25) is 5.02 Å². The second kappa shape index (κ2) is 12.3. The zero-order valence-corrected chi connectivity index (χ0v) is 24.1. The first-order valence-electron chi connectivity index (χ1n) is 12.2. The fourth-order valence-corrected chi connectivity index (χ4v) is 6.91. The number of para-hydroxylation sites is 2. The molecule has 0 aliphatic carbocycles. The molecule has 1 unspecified atom stereocenters. The number of carbonyl (C=O) groups is 2. The topological polar surface area (TPSA) is 175 Å². The molecule has 2 atom stereocenters. The molecule has 11 nitrogen and oxygen atoms in total. The van der Waals surface area contributed by atoms with Gasteiger partial charge in [-0.25, -0.2) is 31.3 Å². The minimum atomic E-state index is -5.08. The minimum Gasteiger partial charge on any atom is -0.475 e. The van der Waals surface area contributed by atoms with Crippen molar-refractivity contribution >= 4 is 54.6 Å². The summed E-state index contributed by atoms with van der Waals surface area (Å²) in [7, 11) is -7.67. The van der Waals surface area contributed by atoms with E-state index >= 15 is 0 Å². The van der Waals surface area contributed by atoms with Crippen molar-refractivity contribution in [1.29, 1.82) is 0 Å². The predicted octanol–water partition coefficient (Wildman–Crippen LogP) is 4.00. The number of aromatic amines is 1. The molecule has 4 N–H and O–H groups in total. The van der Waals surface area contributed by atoms with E-state index in [-0.39, 0.29) is 17.7 Å². The first-order chi connectivity index (χ1) is 20.0. The molecule has 17 heteroatoms. The predicted molar refractivity (Wildman–Crippen MR) is 149 cm³/mol. The molecule has 2 heterocycles. The van der Waals surface area contributed by atoms with E-state index in [0.29, 0.717) is 21.9 Å². The van der Waals surface area contributed by atoms with E-state index in [1.54, 1.807) is 24.3 Å². The molecule has 1 aliphatic heterocycles. The smallest absolute Gasteiger partial charge is 0.475 e. The maximum absolute atomic E-state index is 13.2. The second-order valence-electron chi connectivity index (χ2n) is 9.28. The van der Waals surface area contributed by atoms with E-state index in [4.69, 9.17) is 21.5 Å². The van der Waals surface area contributed by atoms with Crippen LogP contribution >= 0.6 is 11.6 Å². The molecular formula is C26H22ClF3N4O7S2. The van der Waals surface area contributed by atoms with Gasteiger partial charge in [0.1, 0.15) is 11.1 Å². The number of aliphatic carboxylic acids is 1. The number of H-pyrrole nitrogens is 1. The number of imidazole rings is 1. The number of sulfonamides is 2. The summed E-state index contributed by atoms with van der Waals surface area (Å²) in [5.74, 6) is -2.86. The van der Waals surface area contributed by atoms with Gasteiger partial charge in [0.15, 0.2) is 0 Å². The number of carbonyl (C=O) groups excluding carboxylic acids is 1. The molecule has 1 saturated heterocycles. The van der Waals surface area contributed by atoms with Gasteiger partial charge in [-0.1, -0.05) is 48.0 Å². The van der Waals surface area contributed by atoms with Gasteiger partial charge in [-0.2, -0.15) is 13.2 Å². The molecule has 0 radical (unpaired) electrons. The lowest BCUT2D eigenvalue weighted by Crippen LogP contribution is -2.31. The second-order valence-corrected chi connectivity index (χ2v) is 13.3. The normalized spacial score (nSPS) is 17.1. The lowest BCUT2D eigenvalue weighted by Gasteiger charge is -2.18. The Bertz CT molecular complexity index is 1830. The molecule has 1 amide bonds. The van der Waals surface area contributed by atoms with Gasteiger partial charge in [0, 0.05) is 5.02 Å². The highest BCUT2D eigenvalue weighted by molar-refractivity contribution is 7.90. The Balaban J connectivity index is 0.000000541. The molecule has 228 valence electrons. The van der Waals surface area contributed by atoms with Gasteiger partial charge in [-0.15, -0.1) is 0 Å². The summed E-state index contributed by atoms with van der Waals surface area (Å²) in [5.41, 5.74) is 2.70. The summed E-state index contributed by atoms with van der Waals surface area (Å²) >= 11 is 5.91. The van der Waals surface area contributed by atoms with Crippen LogP contribution in [-0.2, 0) is 36.1 Å². The maximum Gasteiger partial charge on any atom is 0.490 e. The fraction of sp³-hybridized carbons (Fsp3) is 0.192. The lowest BCUT2D eigenvalue weighted by molar-refractivity contribution is -0.192. The lowest BCUT2D eigenvalue weighted by atomic mass is 10.0. The monoisotopic (exact) mass is 658 g/mol. The third-order valence-electron chi connectivity index (χ3n) is 6.19. The van der Waals surface area contributed by atoms with Crippen LogP contribution in [0.5, 0.6) is 0 Å². The van der Waals surface area contributed by atoms with Crippen LogP contribution in [0.15, 0.2) is 77.7 Å². The van der Waals surface area contributed by atoms with Gasteiger partial charge in [0.05, 0.1) is 28.4 Å². The number of fused-ring (bicyclic) bond motifs is 1. The molecule has 0 bridgehead atoms. The standard InChI is InChI=1S/C24H21ClN4O5S2.C2HF3O2/c25-17-9-11-18(12-10-17)35(31,32)28-21(24-26-19-3-1-2-4-20(19)27-24)13-15-5-7-16(8-6-15)22-14-23(30)29-36(22,33)34;3-2(4,5)1(6)7/h1-12,21-22,28H,13-14H2,(H,26,27)(H,29,30);(H,6,7)/t21-,22?;/m0./s1. The Labute approximate surface area is 248 Å². The first-order valence-corrected chi connectivity index (χ1v) is 15.6. The van der Waals surface area contributed by atoms with E-state index in [9.17, 15) is 34.8 Å². The number of carboxylic acid groups (broad SMARTS) is 1. The number of carboxylic acids is 1. The number of amides is 1. The van der Waals surface area contributed by atoms with Crippen LogP contribution in [0.4, 0.5) is 13.2 Å². The number of nitrogens with zero attached hydrogens (tertiary/aromatic N) is 1. The van der Waals surface area contributed by atoms with Gasteiger partial charge in [0.2, 0.25) is 26.0 Å². The highest BCUT2D eigenvalue weighted by Crippen LogP contribution is 2.31. The highest BCUT2D eigenvalue weighted by Gasteiger charge is 2.38. The number of halogens is 4. The van der Waals surface area contributed by atoms with Crippen molar-refractivity contribution in [1.82, 2.24) is 19.4 Å². The number of alkyl halides is 3. The van der Waals surface area contributed by atoms with E-state index in [0.717, 1.165) is 11.1 Å². The van der Waals surface area contributed by atoms with Gasteiger partial charge < -0.3 is 10.1 Å². The number of nitrogens with one attached hydrogen (secondary N) is 3. The van der Waals surface area contributed by atoms with Crippen molar-refractivity contribution in [2.75, 3.05) is 0 Å². The quantitative estimate of drug-likeness (QED) is 0.230. The Morgan fingerprint density at radius 1 is 1.07 bits per heavy atom. The molecule has 3 aromatic carbocycles. The van der Waals surface area contributed by atoms with E-state index in [1.807, 2.05) is 29.0 Å². The van der Waals surface area contributed by atoms with Crippen LogP contribution in [0.25, 0.3) is 11.0 Å². The average Bonchev–Trinajstić information content (AvgIpc) is 3.48. The summed E-state index contributed by atoms with van der Waals surface area (Å²) in [6.45, 7) is 0. The average molecular weight is 659 g/mol. The number of hydrogen-bond donors (Lipinski definition) is 4. The number of benzene rings is 3. The van der Waals surface area contributed by atoms with Gasteiger partial charge >= 0.3 is 12.1 Å². The van der Waals surface area contributed by atoms with Crippen LogP contribution < -0.4 is 9.44 Å². The molecular weight excluding hydrogens is 637 g/mol. The molecule has 1 aromatic heterocycles. The summed E-state index contributed by atoms with van der Waals surface area (Å²) < 4.78 is 87.2. The Morgan fingerprint density at radius 2 is 1.67 bits per heavy atom. The molecule has 5 rings (SSSR count). The molecule has 43 heavy (non-hydrogen) atoms. The molecule has 0 saturated carbocycles. The van der Waals surface area contributed by atoms with E-state index < -0.39 is 49.4 Å². The molecule has 1 aliphatic rings. The van der Waals surface area contributed by atoms with Crippen LogP contribution in [0.3, 0.4) is 0 Å². The third kappa shape index (κ3) is 7.90. The number of rotatable bonds is 7. The van der Waals surface area contributed by atoms with Gasteiger partial charge in [0.25, 0.3) is 0 Å². The van der Waals surface area contributed by atoms with E-state index in [1.165, 1.54) is 24.3 Å². The van der Waals surface area contributed by atoms with Crippen molar-refractivity contribution in [3.63, 3.8) is 0 Å². The van der Waals surface area contributed by atoms with E-state index in [2.05, 4.69) is 14.7 Å². The van der Waals surface area contributed by atoms with Crippen LogP contribution in [0, 0.1) is 0 Å². The minimum absolute atomic E-state index is 0.0620. The van der Waals surface area contributed by atoms with Crippen molar-refractivity contribution in [3.8, 4) is 0 Å². The maximum atomic E-state index is 13.2. The third-order valence-corrected chi connectivity index (χ3v) is 9.63. The summed E-state index contributed by atoms with van der Waals surface area (Å²) in [6, 6.07) is 19.2. The highest BCUT2D eigenvalue weighted by atomic mass is 35.5. The SMILES string of the molecule is O=C(O)C(F)(F)F.O=C1CC(c2ccc(C[C@H](NS(=O)(=O)c3ccc(Cl)cc3)c3nc4ccccc4[nH]3)cc2)S(=O)(=O)N1. The van der Waals surface area contributed by atoms with Crippen LogP contribution in [0.1, 0.15) is 34.7 Å². The van der Waals surface area contributed by atoms with Crippen LogP contribution in [-0.4, -0.2) is 50.0 Å². The van der Waals surface area contributed by atoms with Gasteiger partial charge in [-0.3, -0.25) is 9.52 Å². The van der Waals surface area contributed by atoms with Crippen molar-refractivity contribution < 1.29 is 44.7 Å². The van der Waals surface area contributed by atoms with Crippen molar-refractivity contribution in [3.05, 3.63) is 94.8 Å². The summed E-state index contributed by atoms with van der Waals surface area (Å²) in [5, 5.41) is 6.60. The largest absolute Gasteiger partial charge is 0.490 e. The molecule has 1 fully saturated rings. The van der Waals surface area contributed by atoms with Crippen molar-refractivity contribution in [2.24, 2.45) is 0 Å². The Hall–Kier alpha value is -3.99. The summed E-state index contributed by atoms with van der Waals surface area (Å²) in [4.78, 5) is 28.3. The Kier molecular flexibility index (Phi) is 9.15. The number of hydrogen-bond acceptors (Lipinski definition) is 7. The Morgan fingerprint density at radius 3 is 2.21 bits per heavy atom. The summed E-state index contributed by atoms with van der Waals surface area (Å²) in [6.07, 6.45) is -4.98. The van der Waals surface area contributed by atoms with Crippen molar-refractivity contribution in [2.45, 2.75) is 35.2 Å². The number of aromatic nitrogens is 2. The van der Waals surface area contributed by atoms with Gasteiger partial charge in [-0.05, 0) is 53.9 Å².